The lowest BCUT2D eigenvalue weighted by atomic mass is 10.3. The maximum absolute atomic E-state index is 12.9. The SMILES string of the molecule is CC(COc1cccc(F)c1)Nc1ncccn1. The van der Waals surface area contributed by atoms with E-state index in [1.165, 1.54) is 12.1 Å². The van der Waals surface area contributed by atoms with Gasteiger partial charge >= 0.3 is 0 Å². The van der Waals surface area contributed by atoms with Gasteiger partial charge in [-0.25, -0.2) is 14.4 Å². The van der Waals surface area contributed by atoms with Crippen molar-refractivity contribution in [2.45, 2.75) is 13.0 Å². The highest BCUT2D eigenvalue weighted by molar-refractivity contribution is 5.25. The zero-order valence-corrected chi connectivity index (χ0v) is 10.0. The first-order valence-electron chi connectivity index (χ1n) is 5.66. The summed E-state index contributed by atoms with van der Waals surface area (Å²) in [5, 5.41) is 3.09. The largest absolute Gasteiger partial charge is 0.491 e. The van der Waals surface area contributed by atoms with Crippen molar-refractivity contribution in [1.82, 2.24) is 9.97 Å². The van der Waals surface area contributed by atoms with Gasteiger partial charge < -0.3 is 10.1 Å². The molecule has 1 N–H and O–H groups in total. The Morgan fingerprint density at radius 1 is 1.28 bits per heavy atom. The summed E-state index contributed by atoms with van der Waals surface area (Å²) in [6.07, 6.45) is 3.32. The number of hydrogen-bond donors (Lipinski definition) is 1. The van der Waals surface area contributed by atoms with Crippen LogP contribution in [0.3, 0.4) is 0 Å². The maximum atomic E-state index is 12.9. The Morgan fingerprint density at radius 2 is 2.06 bits per heavy atom. The molecule has 0 saturated carbocycles. The molecule has 0 aliphatic carbocycles. The van der Waals surface area contributed by atoms with Gasteiger partial charge in [0.1, 0.15) is 18.2 Å². The molecule has 1 heterocycles. The van der Waals surface area contributed by atoms with Crippen LogP contribution in [0.15, 0.2) is 42.7 Å². The molecular formula is C13H14FN3O. The van der Waals surface area contributed by atoms with Crippen molar-refractivity contribution in [1.29, 1.82) is 0 Å². The summed E-state index contributed by atoms with van der Waals surface area (Å²) in [5.41, 5.74) is 0. The van der Waals surface area contributed by atoms with Gasteiger partial charge in [0.2, 0.25) is 5.95 Å². The van der Waals surface area contributed by atoms with Crippen molar-refractivity contribution in [2.24, 2.45) is 0 Å². The lowest BCUT2D eigenvalue weighted by Gasteiger charge is -2.14. The quantitative estimate of drug-likeness (QED) is 0.881. The minimum atomic E-state index is -0.306. The number of nitrogens with one attached hydrogen (secondary N) is 1. The monoisotopic (exact) mass is 247 g/mol. The molecule has 0 amide bonds. The Labute approximate surface area is 105 Å². The topological polar surface area (TPSA) is 47.0 Å². The summed E-state index contributed by atoms with van der Waals surface area (Å²) in [4.78, 5) is 8.10. The third-order valence-corrected chi connectivity index (χ3v) is 2.24. The Kier molecular flexibility index (Phi) is 4.06. The minimum absolute atomic E-state index is 0.0238. The van der Waals surface area contributed by atoms with E-state index in [1.54, 1.807) is 30.6 Å². The van der Waals surface area contributed by atoms with E-state index >= 15 is 0 Å². The predicted octanol–water partition coefficient (Wildman–Crippen LogP) is 2.50. The molecule has 2 rings (SSSR count). The standard InChI is InChI=1S/C13H14FN3O/c1-10(17-13-15-6-3-7-16-13)9-18-12-5-2-4-11(14)8-12/h2-8,10H,9H2,1H3,(H,15,16,17). The van der Waals surface area contributed by atoms with Gasteiger partial charge in [0.05, 0.1) is 6.04 Å². The van der Waals surface area contributed by atoms with Gasteiger partial charge in [0.25, 0.3) is 0 Å². The molecule has 4 nitrogen and oxygen atoms in total. The molecule has 0 aliphatic heterocycles. The number of aromatic nitrogens is 2. The molecule has 1 atom stereocenters. The number of anilines is 1. The van der Waals surface area contributed by atoms with Gasteiger partial charge in [-0.05, 0) is 25.1 Å². The van der Waals surface area contributed by atoms with Crippen molar-refractivity contribution in [2.75, 3.05) is 11.9 Å². The molecule has 0 aliphatic rings. The van der Waals surface area contributed by atoms with Crippen LogP contribution in [-0.4, -0.2) is 22.6 Å². The Morgan fingerprint density at radius 3 is 2.78 bits per heavy atom. The highest BCUT2D eigenvalue weighted by Gasteiger charge is 2.04. The molecule has 1 aromatic heterocycles. The number of halogens is 1. The van der Waals surface area contributed by atoms with Crippen LogP contribution in [-0.2, 0) is 0 Å². The number of benzene rings is 1. The van der Waals surface area contributed by atoms with Crippen LogP contribution in [0, 0.1) is 5.82 Å². The fourth-order valence-electron chi connectivity index (χ4n) is 1.41. The highest BCUT2D eigenvalue weighted by Crippen LogP contribution is 2.12. The second-order valence-corrected chi connectivity index (χ2v) is 3.89. The molecule has 0 spiro atoms. The molecule has 0 fully saturated rings. The van der Waals surface area contributed by atoms with Gasteiger partial charge in [-0.2, -0.15) is 0 Å². The first-order chi connectivity index (χ1) is 8.74. The first kappa shape index (κ1) is 12.3. The van der Waals surface area contributed by atoms with E-state index in [4.69, 9.17) is 4.74 Å². The van der Waals surface area contributed by atoms with Gasteiger partial charge in [-0.15, -0.1) is 0 Å². The first-order valence-corrected chi connectivity index (χ1v) is 5.66. The summed E-state index contributed by atoms with van der Waals surface area (Å²) in [6, 6.07) is 7.84. The number of rotatable bonds is 5. The predicted molar refractivity (Wildman–Crippen MR) is 67.0 cm³/mol. The summed E-state index contributed by atoms with van der Waals surface area (Å²) in [7, 11) is 0. The summed E-state index contributed by atoms with van der Waals surface area (Å²) in [5.74, 6) is 0.755. The van der Waals surface area contributed by atoms with E-state index in [1.807, 2.05) is 6.92 Å². The molecule has 0 bridgehead atoms. The lowest BCUT2D eigenvalue weighted by molar-refractivity contribution is 0.302. The van der Waals surface area contributed by atoms with E-state index < -0.39 is 0 Å². The van der Waals surface area contributed by atoms with Crippen molar-refractivity contribution in [3.8, 4) is 5.75 Å². The maximum Gasteiger partial charge on any atom is 0.222 e. The average molecular weight is 247 g/mol. The number of ether oxygens (including phenoxy) is 1. The fraction of sp³-hybridized carbons (Fsp3) is 0.231. The van der Waals surface area contributed by atoms with E-state index in [9.17, 15) is 4.39 Å². The summed E-state index contributed by atoms with van der Waals surface area (Å²) >= 11 is 0. The van der Waals surface area contributed by atoms with Crippen molar-refractivity contribution >= 4 is 5.95 Å². The van der Waals surface area contributed by atoms with Gasteiger partial charge in [-0.3, -0.25) is 0 Å². The van der Waals surface area contributed by atoms with E-state index in [0.29, 0.717) is 18.3 Å². The van der Waals surface area contributed by atoms with Crippen LogP contribution in [0.4, 0.5) is 10.3 Å². The molecule has 0 radical (unpaired) electrons. The van der Waals surface area contributed by atoms with Crippen molar-refractivity contribution < 1.29 is 9.13 Å². The smallest absolute Gasteiger partial charge is 0.222 e. The van der Waals surface area contributed by atoms with Crippen molar-refractivity contribution in [3.05, 3.63) is 48.5 Å². The normalized spacial score (nSPS) is 11.9. The van der Waals surface area contributed by atoms with E-state index in [-0.39, 0.29) is 11.9 Å². The van der Waals surface area contributed by atoms with E-state index in [2.05, 4.69) is 15.3 Å². The van der Waals surface area contributed by atoms with Gasteiger partial charge in [-0.1, -0.05) is 6.07 Å². The molecule has 1 unspecified atom stereocenters. The number of nitrogens with zero attached hydrogens (tertiary/aromatic N) is 2. The van der Waals surface area contributed by atoms with Crippen LogP contribution < -0.4 is 10.1 Å². The average Bonchev–Trinajstić information content (AvgIpc) is 2.38. The van der Waals surface area contributed by atoms with Crippen LogP contribution >= 0.6 is 0 Å². The Hall–Kier alpha value is -2.17. The third kappa shape index (κ3) is 3.69. The highest BCUT2D eigenvalue weighted by atomic mass is 19.1. The van der Waals surface area contributed by atoms with Crippen LogP contribution in [0.25, 0.3) is 0 Å². The van der Waals surface area contributed by atoms with Gasteiger partial charge in [0.15, 0.2) is 0 Å². The molecule has 1 aromatic carbocycles. The second-order valence-electron chi connectivity index (χ2n) is 3.89. The second kappa shape index (κ2) is 5.95. The minimum Gasteiger partial charge on any atom is -0.491 e. The molecule has 18 heavy (non-hydrogen) atoms. The molecule has 94 valence electrons. The van der Waals surface area contributed by atoms with Crippen LogP contribution in [0.2, 0.25) is 0 Å². The summed E-state index contributed by atoms with van der Waals surface area (Å²) < 4.78 is 18.4. The fourth-order valence-corrected chi connectivity index (χ4v) is 1.41. The Balaban J connectivity index is 1.83. The zero-order valence-electron chi connectivity index (χ0n) is 10.0. The van der Waals surface area contributed by atoms with Crippen molar-refractivity contribution in [3.63, 3.8) is 0 Å². The van der Waals surface area contributed by atoms with Crippen LogP contribution in [0.1, 0.15) is 6.92 Å². The van der Waals surface area contributed by atoms with Gasteiger partial charge in [0, 0.05) is 18.5 Å². The van der Waals surface area contributed by atoms with Crippen LogP contribution in [0.5, 0.6) is 5.75 Å². The third-order valence-electron chi connectivity index (χ3n) is 2.24. The Bertz CT molecular complexity index is 493. The molecule has 5 heteroatoms. The lowest BCUT2D eigenvalue weighted by Crippen LogP contribution is -2.24. The number of hydrogen-bond acceptors (Lipinski definition) is 4. The molecular weight excluding hydrogens is 233 g/mol. The molecule has 2 aromatic rings. The van der Waals surface area contributed by atoms with E-state index in [0.717, 1.165) is 0 Å². The summed E-state index contributed by atoms with van der Waals surface area (Å²) in [6.45, 7) is 2.34. The zero-order chi connectivity index (χ0) is 12.8. The molecule has 0 saturated heterocycles.